The number of nitrogens with one attached hydrogen (secondary N) is 1. The Hall–Kier alpha value is -2.38. The van der Waals surface area contributed by atoms with E-state index in [1.165, 1.54) is 11.1 Å². The van der Waals surface area contributed by atoms with Gasteiger partial charge in [0.25, 0.3) is 0 Å². The molecule has 6 nitrogen and oxygen atoms in total. The molecule has 0 bridgehead atoms. The zero-order valence-electron chi connectivity index (χ0n) is 17.8. The fourth-order valence-corrected chi connectivity index (χ4v) is 4.70. The Morgan fingerprint density at radius 2 is 1.93 bits per heavy atom. The number of carboxylic acid groups (broad SMARTS) is 1. The summed E-state index contributed by atoms with van der Waals surface area (Å²) in [6.45, 7) is 7.23. The van der Waals surface area contributed by atoms with Crippen LogP contribution in [0.5, 0.6) is 17.2 Å². The second-order valence-electron chi connectivity index (χ2n) is 7.55. The van der Waals surface area contributed by atoms with Gasteiger partial charge in [0.1, 0.15) is 25.0 Å². The first-order chi connectivity index (χ1) is 14.4. The van der Waals surface area contributed by atoms with Gasteiger partial charge in [-0.2, -0.15) is 0 Å². The van der Waals surface area contributed by atoms with E-state index < -0.39 is 12.0 Å². The van der Waals surface area contributed by atoms with Gasteiger partial charge in [0.05, 0.1) is 12.5 Å². The van der Waals surface area contributed by atoms with Gasteiger partial charge < -0.3 is 19.3 Å². The number of rotatable bonds is 9. The van der Waals surface area contributed by atoms with Crippen molar-refractivity contribution >= 4 is 17.7 Å². The van der Waals surface area contributed by atoms with Gasteiger partial charge in [-0.25, -0.2) is 0 Å². The van der Waals surface area contributed by atoms with Crippen LogP contribution in [0.25, 0.3) is 0 Å². The summed E-state index contributed by atoms with van der Waals surface area (Å²) in [5.41, 5.74) is 3.50. The topological polar surface area (TPSA) is 77.0 Å². The number of benzene rings is 2. The van der Waals surface area contributed by atoms with Gasteiger partial charge in [0.2, 0.25) is 0 Å². The van der Waals surface area contributed by atoms with Crippen molar-refractivity contribution in [1.29, 1.82) is 0 Å². The maximum absolute atomic E-state index is 11.2. The zero-order valence-corrected chi connectivity index (χ0v) is 18.6. The van der Waals surface area contributed by atoms with Gasteiger partial charge in [-0.3, -0.25) is 10.1 Å². The molecule has 2 aromatic rings. The number of carboxylic acids is 1. The lowest BCUT2D eigenvalue weighted by molar-refractivity contribution is -0.138. The molecule has 2 atom stereocenters. The number of hydrogen-bond acceptors (Lipinski definition) is 6. The van der Waals surface area contributed by atoms with Crippen LogP contribution in [0.1, 0.15) is 41.8 Å². The van der Waals surface area contributed by atoms with Crippen molar-refractivity contribution in [2.75, 3.05) is 26.1 Å². The molecule has 0 aromatic heterocycles. The number of thioether (sulfide) groups is 1. The van der Waals surface area contributed by atoms with Gasteiger partial charge >= 0.3 is 5.97 Å². The molecule has 2 N–H and O–H groups in total. The van der Waals surface area contributed by atoms with Crippen LogP contribution >= 0.6 is 11.8 Å². The molecule has 162 valence electrons. The van der Waals surface area contributed by atoms with Crippen LogP contribution < -0.4 is 19.5 Å². The summed E-state index contributed by atoms with van der Waals surface area (Å²) in [7, 11) is 1.60. The molecule has 1 heterocycles. The predicted molar refractivity (Wildman–Crippen MR) is 119 cm³/mol. The van der Waals surface area contributed by atoms with Crippen LogP contribution in [0.4, 0.5) is 0 Å². The molecular formula is C23H29NO5S. The van der Waals surface area contributed by atoms with Crippen LogP contribution in [-0.4, -0.2) is 43.2 Å². The van der Waals surface area contributed by atoms with Crippen molar-refractivity contribution in [3.8, 4) is 17.2 Å². The predicted octanol–water partition coefficient (Wildman–Crippen LogP) is 4.37. The summed E-state index contributed by atoms with van der Waals surface area (Å²) >= 11 is 1.57. The fourth-order valence-electron chi connectivity index (χ4n) is 3.47. The molecule has 2 unspecified atom stereocenters. The van der Waals surface area contributed by atoms with Gasteiger partial charge in [0, 0.05) is 5.75 Å². The average Bonchev–Trinajstić information content (AvgIpc) is 3.21. The SMILES string of the molecule is COc1ccc(C2NC(C(=O)O)CS2)cc1OCCOc1ccc(C(C)C)c(C)c1. The summed E-state index contributed by atoms with van der Waals surface area (Å²) in [6.07, 6.45) is 0. The first-order valence-electron chi connectivity index (χ1n) is 10.0. The van der Waals surface area contributed by atoms with E-state index in [0.717, 1.165) is 11.3 Å². The Bertz CT molecular complexity index is 886. The van der Waals surface area contributed by atoms with Crippen molar-refractivity contribution in [1.82, 2.24) is 5.32 Å². The van der Waals surface area contributed by atoms with Crippen LogP contribution in [0.15, 0.2) is 36.4 Å². The van der Waals surface area contributed by atoms with Crippen molar-refractivity contribution in [3.05, 3.63) is 53.1 Å². The number of methoxy groups -OCH3 is 1. The highest BCUT2D eigenvalue weighted by Gasteiger charge is 2.30. The number of ether oxygens (including phenoxy) is 3. The molecule has 3 rings (SSSR count). The molecular weight excluding hydrogens is 402 g/mol. The van der Waals surface area contributed by atoms with E-state index >= 15 is 0 Å². The summed E-state index contributed by atoms with van der Waals surface area (Å²) in [5.74, 6) is 2.27. The summed E-state index contributed by atoms with van der Waals surface area (Å²) < 4.78 is 17.2. The van der Waals surface area contributed by atoms with Gasteiger partial charge in [-0.15, -0.1) is 11.8 Å². The normalized spacial score (nSPS) is 18.4. The molecule has 0 saturated carbocycles. The molecule has 0 spiro atoms. The second kappa shape index (κ2) is 10.1. The Morgan fingerprint density at radius 1 is 1.17 bits per heavy atom. The van der Waals surface area contributed by atoms with Crippen LogP contribution in [-0.2, 0) is 4.79 Å². The molecule has 30 heavy (non-hydrogen) atoms. The highest BCUT2D eigenvalue weighted by molar-refractivity contribution is 7.99. The quantitative estimate of drug-likeness (QED) is 0.571. The molecule has 0 amide bonds. The van der Waals surface area contributed by atoms with E-state index in [1.807, 2.05) is 24.3 Å². The molecule has 0 radical (unpaired) electrons. The van der Waals surface area contributed by atoms with Crippen molar-refractivity contribution in [2.24, 2.45) is 0 Å². The Labute approximate surface area is 181 Å². The minimum absolute atomic E-state index is 0.0851. The lowest BCUT2D eigenvalue weighted by Crippen LogP contribution is -2.33. The van der Waals surface area contributed by atoms with Gasteiger partial charge in [-0.05, 0) is 53.8 Å². The zero-order chi connectivity index (χ0) is 21.7. The summed E-state index contributed by atoms with van der Waals surface area (Å²) in [4.78, 5) is 11.2. The van der Waals surface area contributed by atoms with Crippen molar-refractivity contribution in [2.45, 2.75) is 38.1 Å². The largest absolute Gasteiger partial charge is 0.493 e. The smallest absolute Gasteiger partial charge is 0.321 e. The molecule has 0 aliphatic carbocycles. The van der Waals surface area contributed by atoms with Crippen LogP contribution in [0.3, 0.4) is 0 Å². The van der Waals surface area contributed by atoms with E-state index in [-0.39, 0.29) is 5.37 Å². The third-order valence-corrected chi connectivity index (χ3v) is 6.31. The minimum Gasteiger partial charge on any atom is -0.493 e. The highest BCUT2D eigenvalue weighted by Crippen LogP contribution is 2.37. The van der Waals surface area contributed by atoms with Crippen molar-refractivity contribution in [3.63, 3.8) is 0 Å². The number of aliphatic carboxylic acids is 1. The first kappa shape index (κ1) is 22.3. The van der Waals surface area contributed by atoms with Crippen LogP contribution in [0, 0.1) is 6.92 Å². The van der Waals surface area contributed by atoms with E-state index in [4.69, 9.17) is 14.2 Å². The standard InChI is InChI=1S/C23H29NO5S/c1-14(2)18-7-6-17(11-15(18)3)28-9-10-29-21-12-16(5-8-20(21)27-4)22-24-19(13-30-22)23(25)26/h5-8,11-12,14,19,22,24H,9-10,13H2,1-4H3,(H,25,26). The van der Waals surface area contributed by atoms with Gasteiger partial charge in [-0.1, -0.05) is 26.0 Å². The second-order valence-corrected chi connectivity index (χ2v) is 8.69. The lowest BCUT2D eigenvalue weighted by atomic mass is 9.98. The van der Waals surface area contributed by atoms with E-state index in [1.54, 1.807) is 18.9 Å². The Balaban J connectivity index is 1.58. The van der Waals surface area contributed by atoms with E-state index in [9.17, 15) is 9.90 Å². The summed E-state index contributed by atoms with van der Waals surface area (Å²) in [6, 6.07) is 11.3. The molecule has 2 aromatic carbocycles. The third-order valence-electron chi connectivity index (χ3n) is 5.04. The van der Waals surface area contributed by atoms with Crippen molar-refractivity contribution < 1.29 is 24.1 Å². The number of carbonyl (C=O) groups is 1. The van der Waals surface area contributed by atoms with Gasteiger partial charge in [0.15, 0.2) is 11.5 Å². The van der Waals surface area contributed by atoms with E-state index in [2.05, 4.69) is 38.2 Å². The molecule has 7 heteroatoms. The maximum atomic E-state index is 11.2. The first-order valence-corrected chi connectivity index (χ1v) is 11.1. The maximum Gasteiger partial charge on any atom is 0.321 e. The Kier molecular flexibility index (Phi) is 7.50. The molecule has 1 aliphatic rings. The number of aryl methyl sites for hydroxylation is 1. The summed E-state index contributed by atoms with van der Waals surface area (Å²) in [5, 5.41) is 12.2. The molecule has 1 fully saturated rings. The molecule has 1 aliphatic heterocycles. The minimum atomic E-state index is -0.830. The monoisotopic (exact) mass is 431 g/mol. The highest BCUT2D eigenvalue weighted by atomic mass is 32.2. The lowest BCUT2D eigenvalue weighted by Gasteiger charge is -2.16. The third kappa shape index (κ3) is 5.40. The van der Waals surface area contributed by atoms with Crippen LogP contribution in [0.2, 0.25) is 0 Å². The average molecular weight is 432 g/mol. The molecule has 1 saturated heterocycles. The number of hydrogen-bond donors (Lipinski definition) is 2. The van der Waals surface area contributed by atoms with E-state index in [0.29, 0.717) is 36.4 Å². The fraction of sp³-hybridized carbons (Fsp3) is 0.435. The Morgan fingerprint density at radius 3 is 2.57 bits per heavy atom.